The molecule has 4 rings (SSSR count). The van der Waals surface area contributed by atoms with Gasteiger partial charge in [-0.1, -0.05) is 11.3 Å². The zero-order chi connectivity index (χ0) is 22.0. The highest BCUT2D eigenvalue weighted by atomic mass is 32.2. The number of esters is 1. The molecule has 7 nitrogen and oxygen atoms in total. The molecule has 2 aromatic carbocycles. The van der Waals surface area contributed by atoms with Crippen LogP contribution in [0.3, 0.4) is 0 Å². The van der Waals surface area contributed by atoms with Gasteiger partial charge in [-0.2, -0.15) is 4.31 Å². The summed E-state index contributed by atoms with van der Waals surface area (Å²) in [4.78, 5) is 19.6. The third-order valence-electron chi connectivity index (χ3n) is 5.39. The predicted octanol–water partition coefficient (Wildman–Crippen LogP) is 4.15. The smallest absolute Gasteiger partial charge is 0.343 e. The lowest BCUT2D eigenvalue weighted by Gasteiger charge is -2.16. The van der Waals surface area contributed by atoms with Crippen molar-refractivity contribution in [2.24, 2.45) is 0 Å². The number of benzene rings is 2. The van der Waals surface area contributed by atoms with E-state index in [4.69, 9.17) is 4.74 Å². The molecule has 9 heteroatoms. The van der Waals surface area contributed by atoms with Crippen molar-refractivity contribution in [3.05, 3.63) is 48.0 Å². The van der Waals surface area contributed by atoms with E-state index in [9.17, 15) is 13.2 Å². The molecule has 1 aliphatic heterocycles. The predicted molar refractivity (Wildman–Crippen MR) is 123 cm³/mol. The maximum Gasteiger partial charge on any atom is 0.343 e. The summed E-state index contributed by atoms with van der Waals surface area (Å²) >= 11 is 1.56. The van der Waals surface area contributed by atoms with Crippen molar-refractivity contribution >= 4 is 42.7 Å². The fraction of sp³-hybridized carbons (Fsp3) is 0.364. The van der Waals surface area contributed by atoms with Gasteiger partial charge in [0.05, 0.1) is 20.7 Å². The van der Waals surface area contributed by atoms with Gasteiger partial charge < -0.3 is 9.64 Å². The number of thiazole rings is 1. The first-order chi connectivity index (χ1) is 14.9. The minimum atomic E-state index is -3.50. The summed E-state index contributed by atoms with van der Waals surface area (Å²) < 4.78 is 33.2. The van der Waals surface area contributed by atoms with E-state index >= 15 is 0 Å². The van der Waals surface area contributed by atoms with Crippen LogP contribution in [0.25, 0.3) is 10.2 Å². The van der Waals surface area contributed by atoms with Crippen molar-refractivity contribution in [1.82, 2.24) is 9.29 Å². The summed E-state index contributed by atoms with van der Waals surface area (Å²) in [5, 5.41) is 0.943. The Bertz CT molecular complexity index is 1180. The monoisotopic (exact) mass is 459 g/mol. The Balaban J connectivity index is 1.49. The number of nitrogens with zero attached hydrogens (tertiary/aromatic N) is 3. The largest absolute Gasteiger partial charge is 0.423 e. The summed E-state index contributed by atoms with van der Waals surface area (Å²) in [5.74, 6) is -0.0982. The third-order valence-corrected chi connectivity index (χ3v) is 8.38. The van der Waals surface area contributed by atoms with Gasteiger partial charge in [0.1, 0.15) is 5.75 Å². The van der Waals surface area contributed by atoms with Gasteiger partial charge in [0.15, 0.2) is 5.13 Å². The molecule has 0 N–H and O–H groups in total. The van der Waals surface area contributed by atoms with Crippen LogP contribution in [0.4, 0.5) is 5.13 Å². The summed E-state index contributed by atoms with van der Waals surface area (Å²) in [7, 11) is -3.50. The van der Waals surface area contributed by atoms with Gasteiger partial charge in [0, 0.05) is 32.2 Å². The molecule has 0 amide bonds. The van der Waals surface area contributed by atoms with E-state index in [0.717, 1.165) is 41.3 Å². The van der Waals surface area contributed by atoms with E-state index in [1.807, 2.05) is 12.1 Å². The highest BCUT2D eigenvalue weighted by Gasteiger charge is 2.27. The summed E-state index contributed by atoms with van der Waals surface area (Å²) in [6, 6.07) is 11.3. The molecule has 2 heterocycles. The topological polar surface area (TPSA) is 79.8 Å². The lowest BCUT2D eigenvalue weighted by molar-refractivity contribution is 0.0735. The molecule has 0 radical (unpaired) electrons. The number of aromatic nitrogens is 1. The van der Waals surface area contributed by atoms with E-state index in [0.29, 0.717) is 24.4 Å². The number of ether oxygens (including phenoxy) is 1. The zero-order valence-electron chi connectivity index (χ0n) is 17.6. The second-order valence-electron chi connectivity index (χ2n) is 7.32. The van der Waals surface area contributed by atoms with Crippen LogP contribution >= 0.6 is 11.3 Å². The number of rotatable bonds is 7. The van der Waals surface area contributed by atoms with Crippen LogP contribution in [0.1, 0.15) is 37.0 Å². The average Bonchev–Trinajstić information content (AvgIpc) is 3.45. The van der Waals surface area contributed by atoms with Crippen LogP contribution in [0, 0.1) is 0 Å². The maximum atomic E-state index is 12.6. The Hall–Kier alpha value is -2.49. The molecule has 1 fully saturated rings. The average molecular weight is 460 g/mol. The van der Waals surface area contributed by atoms with E-state index in [-0.39, 0.29) is 4.90 Å². The number of anilines is 1. The normalized spacial score (nSPS) is 14.8. The lowest BCUT2D eigenvalue weighted by Crippen LogP contribution is -2.27. The molecule has 0 saturated carbocycles. The first-order valence-electron chi connectivity index (χ1n) is 10.4. The van der Waals surface area contributed by atoms with Crippen LogP contribution in [-0.4, -0.2) is 49.9 Å². The van der Waals surface area contributed by atoms with Gasteiger partial charge in [0.2, 0.25) is 10.0 Å². The molecule has 1 aromatic heterocycles. The molecule has 0 unspecified atom stereocenters. The van der Waals surface area contributed by atoms with Gasteiger partial charge in [0.25, 0.3) is 0 Å². The summed E-state index contributed by atoms with van der Waals surface area (Å²) in [5.41, 5.74) is 1.16. The second kappa shape index (κ2) is 8.94. The summed E-state index contributed by atoms with van der Waals surface area (Å²) in [6.07, 6.45) is 1.76. The summed E-state index contributed by atoms with van der Waals surface area (Å²) in [6.45, 7) is 7.02. The van der Waals surface area contributed by atoms with Crippen LogP contribution < -0.4 is 9.64 Å². The number of sulfonamides is 1. The van der Waals surface area contributed by atoms with Crippen LogP contribution in [0.5, 0.6) is 5.75 Å². The minimum absolute atomic E-state index is 0.195. The Morgan fingerprint density at radius 1 is 1.10 bits per heavy atom. The van der Waals surface area contributed by atoms with Crippen molar-refractivity contribution in [1.29, 1.82) is 0 Å². The molecule has 164 valence electrons. The number of carbonyl (C=O) groups excluding carboxylic acids is 1. The van der Waals surface area contributed by atoms with Gasteiger partial charge >= 0.3 is 5.97 Å². The third kappa shape index (κ3) is 4.44. The molecular formula is C22H25N3O4S2. The van der Waals surface area contributed by atoms with E-state index in [1.165, 1.54) is 28.6 Å². The molecule has 1 aliphatic rings. The Morgan fingerprint density at radius 3 is 2.42 bits per heavy atom. The first kappa shape index (κ1) is 21.7. The van der Waals surface area contributed by atoms with Crippen molar-refractivity contribution < 1.29 is 17.9 Å². The number of carbonyl (C=O) groups is 1. The minimum Gasteiger partial charge on any atom is -0.423 e. The highest BCUT2D eigenvalue weighted by molar-refractivity contribution is 7.89. The number of fused-ring (bicyclic) bond motifs is 1. The fourth-order valence-electron chi connectivity index (χ4n) is 3.59. The van der Waals surface area contributed by atoms with Gasteiger partial charge in [-0.05, 0) is 63.1 Å². The van der Waals surface area contributed by atoms with Crippen molar-refractivity contribution in [3.8, 4) is 5.75 Å². The molecule has 0 bridgehead atoms. The van der Waals surface area contributed by atoms with E-state index < -0.39 is 16.0 Å². The van der Waals surface area contributed by atoms with Gasteiger partial charge in [-0.25, -0.2) is 18.2 Å². The lowest BCUT2D eigenvalue weighted by atomic mass is 10.2. The van der Waals surface area contributed by atoms with Crippen LogP contribution in [-0.2, 0) is 10.0 Å². The SMILES string of the molecule is CCN(CC)c1nc2ccc(OC(=O)c3ccc(S(=O)(=O)N4CCCC4)cc3)cc2s1. The van der Waals surface area contributed by atoms with Crippen LogP contribution in [0.15, 0.2) is 47.4 Å². The van der Waals surface area contributed by atoms with Gasteiger partial charge in [-0.3, -0.25) is 0 Å². The first-order valence-corrected chi connectivity index (χ1v) is 12.7. The molecule has 3 aromatic rings. The Labute approximate surface area is 186 Å². The molecule has 1 saturated heterocycles. The van der Waals surface area contributed by atoms with E-state index in [1.54, 1.807) is 17.4 Å². The molecular weight excluding hydrogens is 434 g/mol. The zero-order valence-corrected chi connectivity index (χ0v) is 19.2. The molecule has 0 aliphatic carbocycles. The van der Waals surface area contributed by atoms with Crippen molar-refractivity contribution in [2.45, 2.75) is 31.6 Å². The number of hydrogen-bond acceptors (Lipinski definition) is 7. The van der Waals surface area contributed by atoms with E-state index in [2.05, 4.69) is 23.7 Å². The van der Waals surface area contributed by atoms with Crippen LogP contribution in [0.2, 0.25) is 0 Å². The standard InChI is InChI=1S/C22H25N3O4S2/c1-3-24(4-2)22-23-19-12-9-17(15-20(19)30-22)29-21(26)16-7-10-18(11-8-16)31(27,28)25-13-5-6-14-25/h7-12,15H,3-6,13-14H2,1-2H3. The van der Waals surface area contributed by atoms with Crippen molar-refractivity contribution in [3.63, 3.8) is 0 Å². The Morgan fingerprint density at radius 2 is 1.77 bits per heavy atom. The highest BCUT2D eigenvalue weighted by Crippen LogP contribution is 2.31. The maximum absolute atomic E-state index is 12.6. The fourth-order valence-corrected chi connectivity index (χ4v) is 6.23. The Kier molecular flexibility index (Phi) is 6.27. The molecule has 31 heavy (non-hydrogen) atoms. The second-order valence-corrected chi connectivity index (χ2v) is 10.3. The number of hydrogen-bond donors (Lipinski definition) is 0. The molecule has 0 atom stereocenters. The van der Waals surface area contributed by atoms with Crippen molar-refractivity contribution in [2.75, 3.05) is 31.1 Å². The molecule has 0 spiro atoms. The quantitative estimate of drug-likeness (QED) is 0.390. The van der Waals surface area contributed by atoms with Gasteiger partial charge in [-0.15, -0.1) is 0 Å².